The summed E-state index contributed by atoms with van der Waals surface area (Å²) in [6, 6.07) is 4.00. The lowest BCUT2D eigenvalue weighted by Gasteiger charge is -2.09. The Morgan fingerprint density at radius 1 is 1.33 bits per heavy atom. The van der Waals surface area contributed by atoms with Crippen LogP contribution in [-0.2, 0) is 6.54 Å². The summed E-state index contributed by atoms with van der Waals surface area (Å²) in [6.07, 6.45) is 3.93. The number of hydrogen-bond acceptors (Lipinski definition) is 3. The second kappa shape index (κ2) is 7.23. The quantitative estimate of drug-likeness (QED) is 0.698. The van der Waals surface area contributed by atoms with Crippen molar-refractivity contribution < 1.29 is 4.74 Å². The molecule has 0 amide bonds. The van der Waals surface area contributed by atoms with E-state index in [4.69, 9.17) is 4.74 Å². The Balaban J connectivity index is 2.52. The molecule has 3 nitrogen and oxygen atoms in total. The monoisotopic (exact) mass is 208 g/mol. The highest BCUT2D eigenvalue weighted by molar-refractivity contribution is 5.25. The Morgan fingerprint density at radius 3 is 2.93 bits per heavy atom. The topological polar surface area (TPSA) is 34.2 Å². The first kappa shape index (κ1) is 12.0. The minimum Gasteiger partial charge on any atom is -0.477 e. The summed E-state index contributed by atoms with van der Waals surface area (Å²) < 4.78 is 5.57. The number of aromatic nitrogens is 1. The van der Waals surface area contributed by atoms with E-state index in [-0.39, 0.29) is 0 Å². The van der Waals surface area contributed by atoms with Crippen molar-refractivity contribution in [2.45, 2.75) is 33.2 Å². The maximum absolute atomic E-state index is 5.57. The number of rotatable bonds is 7. The van der Waals surface area contributed by atoms with Crippen LogP contribution in [0.5, 0.6) is 5.88 Å². The van der Waals surface area contributed by atoms with Crippen LogP contribution in [0.2, 0.25) is 0 Å². The molecule has 1 N–H and O–H groups in total. The molecule has 0 saturated heterocycles. The van der Waals surface area contributed by atoms with E-state index < -0.39 is 0 Å². The van der Waals surface area contributed by atoms with Crippen molar-refractivity contribution in [1.82, 2.24) is 10.3 Å². The van der Waals surface area contributed by atoms with Crippen LogP contribution in [0.1, 0.15) is 32.3 Å². The van der Waals surface area contributed by atoms with Gasteiger partial charge in [0.25, 0.3) is 0 Å². The summed E-state index contributed by atoms with van der Waals surface area (Å²) in [5.41, 5.74) is 1.14. The molecule has 0 atom stereocenters. The lowest BCUT2D eigenvalue weighted by Crippen LogP contribution is -2.15. The van der Waals surface area contributed by atoms with Gasteiger partial charge >= 0.3 is 0 Å². The maximum Gasteiger partial charge on any atom is 0.217 e. The largest absolute Gasteiger partial charge is 0.477 e. The Hall–Kier alpha value is -1.09. The van der Waals surface area contributed by atoms with E-state index in [1.165, 1.54) is 0 Å². The normalized spacial score (nSPS) is 10.3. The molecule has 0 aliphatic heterocycles. The fourth-order valence-corrected chi connectivity index (χ4v) is 1.29. The van der Waals surface area contributed by atoms with Crippen molar-refractivity contribution in [3.63, 3.8) is 0 Å². The second-order valence-electron chi connectivity index (χ2n) is 3.49. The molecule has 0 saturated carbocycles. The van der Waals surface area contributed by atoms with E-state index in [1.54, 1.807) is 6.20 Å². The first-order valence-corrected chi connectivity index (χ1v) is 5.65. The third-order valence-corrected chi connectivity index (χ3v) is 2.04. The zero-order chi connectivity index (χ0) is 10.9. The standard InChI is InChI=1S/C12H20N2O/c1-3-7-13-10-11-6-5-8-14-12(11)15-9-4-2/h5-6,8,13H,3-4,7,9-10H2,1-2H3. The third-order valence-electron chi connectivity index (χ3n) is 2.04. The molecule has 0 unspecified atom stereocenters. The van der Waals surface area contributed by atoms with Crippen LogP contribution in [0, 0.1) is 0 Å². The lowest BCUT2D eigenvalue weighted by atomic mass is 10.2. The highest BCUT2D eigenvalue weighted by atomic mass is 16.5. The molecular weight excluding hydrogens is 188 g/mol. The van der Waals surface area contributed by atoms with Gasteiger partial charge < -0.3 is 10.1 Å². The number of nitrogens with one attached hydrogen (secondary N) is 1. The van der Waals surface area contributed by atoms with Crippen LogP contribution in [0.25, 0.3) is 0 Å². The van der Waals surface area contributed by atoms with E-state index in [0.29, 0.717) is 0 Å². The van der Waals surface area contributed by atoms with Gasteiger partial charge in [0.1, 0.15) is 0 Å². The maximum atomic E-state index is 5.57. The zero-order valence-electron chi connectivity index (χ0n) is 9.62. The number of nitrogens with zero attached hydrogens (tertiary/aromatic N) is 1. The molecule has 0 aromatic carbocycles. The fraction of sp³-hybridized carbons (Fsp3) is 0.583. The summed E-state index contributed by atoms with van der Waals surface area (Å²) in [7, 11) is 0. The van der Waals surface area contributed by atoms with Crippen molar-refractivity contribution >= 4 is 0 Å². The smallest absolute Gasteiger partial charge is 0.217 e. The number of pyridine rings is 1. The molecule has 0 aliphatic rings. The SMILES string of the molecule is CCCNCc1cccnc1OCCC. The molecule has 15 heavy (non-hydrogen) atoms. The Bertz CT molecular complexity index is 276. The van der Waals surface area contributed by atoms with E-state index >= 15 is 0 Å². The molecule has 1 aromatic heterocycles. The molecule has 1 aromatic rings. The molecular formula is C12H20N2O. The van der Waals surface area contributed by atoms with E-state index in [0.717, 1.165) is 44.0 Å². The molecule has 1 rings (SSSR count). The van der Waals surface area contributed by atoms with Gasteiger partial charge in [0, 0.05) is 18.3 Å². The summed E-state index contributed by atoms with van der Waals surface area (Å²) in [5.74, 6) is 0.767. The minimum absolute atomic E-state index is 0.734. The third kappa shape index (κ3) is 4.30. The van der Waals surface area contributed by atoms with Gasteiger partial charge in [-0.25, -0.2) is 4.98 Å². The number of hydrogen-bond donors (Lipinski definition) is 1. The highest BCUT2D eigenvalue weighted by Crippen LogP contribution is 2.13. The van der Waals surface area contributed by atoms with Gasteiger partial charge in [-0.2, -0.15) is 0 Å². The van der Waals surface area contributed by atoms with Crippen molar-refractivity contribution in [1.29, 1.82) is 0 Å². The summed E-state index contributed by atoms with van der Waals surface area (Å²) in [6.45, 7) is 6.85. The molecule has 3 heteroatoms. The molecule has 1 heterocycles. The van der Waals surface area contributed by atoms with E-state index in [2.05, 4.69) is 30.2 Å². The van der Waals surface area contributed by atoms with Crippen molar-refractivity contribution in [3.05, 3.63) is 23.9 Å². The molecule has 84 valence electrons. The lowest BCUT2D eigenvalue weighted by molar-refractivity contribution is 0.301. The van der Waals surface area contributed by atoms with Crippen LogP contribution in [0.3, 0.4) is 0 Å². The summed E-state index contributed by atoms with van der Waals surface area (Å²) in [5, 5.41) is 3.35. The van der Waals surface area contributed by atoms with Gasteiger partial charge in [0.2, 0.25) is 5.88 Å². The molecule has 0 aliphatic carbocycles. The van der Waals surface area contributed by atoms with Gasteiger partial charge in [-0.1, -0.05) is 19.9 Å². The average molecular weight is 208 g/mol. The van der Waals surface area contributed by atoms with Crippen LogP contribution in [0.4, 0.5) is 0 Å². The first-order chi connectivity index (χ1) is 7.38. The molecule has 0 spiro atoms. The summed E-state index contributed by atoms with van der Waals surface area (Å²) >= 11 is 0. The molecule has 0 bridgehead atoms. The van der Waals surface area contributed by atoms with Crippen LogP contribution in [-0.4, -0.2) is 18.1 Å². The predicted molar refractivity (Wildman–Crippen MR) is 62.0 cm³/mol. The minimum atomic E-state index is 0.734. The Labute approximate surface area is 91.9 Å². The molecule has 0 fully saturated rings. The van der Waals surface area contributed by atoms with Gasteiger partial charge in [0.15, 0.2) is 0 Å². The average Bonchev–Trinajstić information content (AvgIpc) is 2.28. The second-order valence-corrected chi connectivity index (χ2v) is 3.49. The van der Waals surface area contributed by atoms with Crippen molar-refractivity contribution in [2.75, 3.05) is 13.2 Å². The van der Waals surface area contributed by atoms with E-state index in [1.807, 2.05) is 6.07 Å². The van der Waals surface area contributed by atoms with E-state index in [9.17, 15) is 0 Å². The van der Waals surface area contributed by atoms with Crippen molar-refractivity contribution in [3.8, 4) is 5.88 Å². The molecule has 0 radical (unpaired) electrons. The van der Waals surface area contributed by atoms with Gasteiger partial charge in [0.05, 0.1) is 6.61 Å². The Kier molecular flexibility index (Phi) is 5.78. The number of ether oxygens (including phenoxy) is 1. The van der Waals surface area contributed by atoms with Gasteiger partial charge in [-0.05, 0) is 25.5 Å². The van der Waals surface area contributed by atoms with Crippen molar-refractivity contribution in [2.24, 2.45) is 0 Å². The Morgan fingerprint density at radius 2 is 2.20 bits per heavy atom. The fourth-order valence-electron chi connectivity index (χ4n) is 1.29. The van der Waals surface area contributed by atoms with Crippen LogP contribution < -0.4 is 10.1 Å². The van der Waals surface area contributed by atoms with Crippen LogP contribution in [0.15, 0.2) is 18.3 Å². The van der Waals surface area contributed by atoms with Gasteiger partial charge in [-0.15, -0.1) is 0 Å². The van der Waals surface area contributed by atoms with Crippen LogP contribution >= 0.6 is 0 Å². The summed E-state index contributed by atoms with van der Waals surface area (Å²) in [4.78, 5) is 4.23. The zero-order valence-corrected chi connectivity index (χ0v) is 9.62. The van der Waals surface area contributed by atoms with Gasteiger partial charge in [-0.3, -0.25) is 0 Å². The predicted octanol–water partition coefficient (Wildman–Crippen LogP) is 2.37. The highest BCUT2D eigenvalue weighted by Gasteiger charge is 2.02. The first-order valence-electron chi connectivity index (χ1n) is 5.65.